The zero-order chi connectivity index (χ0) is 17.9. The van der Waals surface area contributed by atoms with Crippen molar-refractivity contribution in [2.75, 3.05) is 5.32 Å². The van der Waals surface area contributed by atoms with Crippen LogP contribution in [0.5, 0.6) is 0 Å². The molecule has 0 saturated heterocycles. The fraction of sp³-hybridized carbons (Fsp3) is 0.235. The van der Waals surface area contributed by atoms with Gasteiger partial charge in [-0.2, -0.15) is 4.72 Å². The molecule has 0 spiro atoms. The monoisotopic (exact) mass is 366 g/mol. The van der Waals surface area contributed by atoms with Gasteiger partial charge in [0.1, 0.15) is 0 Å². The molecule has 24 heavy (non-hydrogen) atoms. The van der Waals surface area contributed by atoms with Crippen LogP contribution in [0.4, 0.5) is 5.69 Å². The minimum Gasteiger partial charge on any atom is -0.324 e. The Morgan fingerprint density at radius 2 is 1.71 bits per heavy atom. The summed E-state index contributed by atoms with van der Waals surface area (Å²) >= 11 is 5.76. The average molecular weight is 367 g/mol. The SMILES string of the molecule is Cc1ccc(C)c(NC(=O)[C@@H](C)NS(=O)(=O)c2ccc(Cl)cc2)c1. The van der Waals surface area contributed by atoms with Crippen LogP contribution in [0, 0.1) is 13.8 Å². The van der Waals surface area contributed by atoms with Crippen LogP contribution < -0.4 is 10.0 Å². The van der Waals surface area contributed by atoms with Gasteiger partial charge < -0.3 is 5.32 Å². The van der Waals surface area contributed by atoms with Crippen molar-refractivity contribution < 1.29 is 13.2 Å². The van der Waals surface area contributed by atoms with Gasteiger partial charge in [0.25, 0.3) is 0 Å². The first-order valence-corrected chi connectivity index (χ1v) is 9.21. The van der Waals surface area contributed by atoms with Gasteiger partial charge in [0.05, 0.1) is 10.9 Å². The van der Waals surface area contributed by atoms with Crippen LogP contribution in [0.2, 0.25) is 5.02 Å². The van der Waals surface area contributed by atoms with E-state index in [0.717, 1.165) is 11.1 Å². The van der Waals surface area contributed by atoms with Gasteiger partial charge in [-0.3, -0.25) is 4.79 Å². The van der Waals surface area contributed by atoms with Crippen molar-refractivity contribution in [1.82, 2.24) is 4.72 Å². The molecule has 0 aliphatic heterocycles. The maximum absolute atomic E-state index is 12.3. The fourth-order valence-electron chi connectivity index (χ4n) is 2.08. The van der Waals surface area contributed by atoms with Crippen molar-refractivity contribution in [2.24, 2.45) is 0 Å². The number of halogens is 1. The number of amides is 1. The summed E-state index contributed by atoms with van der Waals surface area (Å²) in [6, 6.07) is 10.5. The molecule has 0 radical (unpaired) electrons. The second-order valence-corrected chi connectivity index (χ2v) is 7.75. The van der Waals surface area contributed by atoms with Crippen molar-refractivity contribution in [3.05, 3.63) is 58.6 Å². The first kappa shape index (κ1) is 18.4. The molecule has 0 saturated carbocycles. The number of rotatable bonds is 5. The number of nitrogens with one attached hydrogen (secondary N) is 2. The Labute approximate surface area is 147 Å². The lowest BCUT2D eigenvalue weighted by Gasteiger charge is -2.16. The summed E-state index contributed by atoms with van der Waals surface area (Å²) in [5.41, 5.74) is 2.57. The number of sulfonamides is 1. The highest BCUT2D eigenvalue weighted by Crippen LogP contribution is 2.17. The third-order valence-electron chi connectivity index (χ3n) is 3.50. The minimum absolute atomic E-state index is 0.0540. The van der Waals surface area contributed by atoms with Gasteiger partial charge in [-0.05, 0) is 62.2 Å². The van der Waals surface area contributed by atoms with E-state index in [2.05, 4.69) is 10.0 Å². The molecule has 0 aliphatic rings. The van der Waals surface area contributed by atoms with Crippen LogP contribution in [-0.2, 0) is 14.8 Å². The van der Waals surface area contributed by atoms with E-state index in [-0.39, 0.29) is 4.90 Å². The molecule has 1 amide bonds. The van der Waals surface area contributed by atoms with Crippen LogP contribution >= 0.6 is 11.6 Å². The Morgan fingerprint density at radius 3 is 2.33 bits per heavy atom. The maximum Gasteiger partial charge on any atom is 0.242 e. The predicted molar refractivity (Wildman–Crippen MR) is 95.8 cm³/mol. The van der Waals surface area contributed by atoms with Crippen molar-refractivity contribution in [3.8, 4) is 0 Å². The molecule has 128 valence electrons. The van der Waals surface area contributed by atoms with E-state index in [9.17, 15) is 13.2 Å². The largest absolute Gasteiger partial charge is 0.324 e. The van der Waals surface area contributed by atoms with E-state index in [1.54, 1.807) is 0 Å². The highest BCUT2D eigenvalue weighted by atomic mass is 35.5. The van der Waals surface area contributed by atoms with E-state index in [0.29, 0.717) is 10.7 Å². The molecule has 0 aromatic heterocycles. The van der Waals surface area contributed by atoms with Crippen molar-refractivity contribution >= 4 is 33.2 Å². The Bertz CT molecular complexity index is 849. The van der Waals surface area contributed by atoms with Gasteiger partial charge in [0.2, 0.25) is 15.9 Å². The first-order valence-electron chi connectivity index (χ1n) is 7.35. The van der Waals surface area contributed by atoms with Crippen LogP contribution in [-0.4, -0.2) is 20.4 Å². The third-order valence-corrected chi connectivity index (χ3v) is 5.31. The van der Waals surface area contributed by atoms with E-state index in [1.165, 1.54) is 31.2 Å². The van der Waals surface area contributed by atoms with Crippen molar-refractivity contribution in [1.29, 1.82) is 0 Å². The molecular formula is C17H19ClN2O3S. The normalized spacial score (nSPS) is 12.7. The molecule has 0 bridgehead atoms. The molecular weight excluding hydrogens is 348 g/mol. The Kier molecular flexibility index (Phi) is 5.64. The second kappa shape index (κ2) is 7.34. The summed E-state index contributed by atoms with van der Waals surface area (Å²) in [5.74, 6) is -0.429. The second-order valence-electron chi connectivity index (χ2n) is 5.60. The maximum atomic E-state index is 12.3. The summed E-state index contributed by atoms with van der Waals surface area (Å²) in [6.07, 6.45) is 0. The number of anilines is 1. The van der Waals surface area contributed by atoms with Gasteiger partial charge in [-0.15, -0.1) is 0 Å². The standard InChI is InChI=1S/C17H19ClN2O3S/c1-11-4-5-12(2)16(10-11)19-17(21)13(3)20-24(22,23)15-8-6-14(18)7-9-15/h4-10,13,20H,1-3H3,(H,19,21)/t13-/m1/s1. The third kappa shape index (κ3) is 4.56. The van der Waals surface area contributed by atoms with E-state index in [4.69, 9.17) is 11.6 Å². The smallest absolute Gasteiger partial charge is 0.242 e. The van der Waals surface area contributed by atoms with Gasteiger partial charge in [-0.1, -0.05) is 23.7 Å². The number of carbonyl (C=O) groups is 1. The molecule has 2 N–H and O–H groups in total. The van der Waals surface area contributed by atoms with Crippen LogP contribution in [0.15, 0.2) is 47.4 Å². The minimum atomic E-state index is -3.80. The van der Waals surface area contributed by atoms with Crippen LogP contribution in [0.1, 0.15) is 18.1 Å². The van der Waals surface area contributed by atoms with Crippen LogP contribution in [0.3, 0.4) is 0 Å². The topological polar surface area (TPSA) is 75.3 Å². The highest BCUT2D eigenvalue weighted by molar-refractivity contribution is 7.89. The molecule has 0 heterocycles. The number of hydrogen-bond acceptors (Lipinski definition) is 3. The van der Waals surface area contributed by atoms with E-state index < -0.39 is 22.0 Å². The zero-order valence-electron chi connectivity index (χ0n) is 13.6. The molecule has 1 atom stereocenters. The van der Waals surface area contributed by atoms with Crippen molar-refractivity contribution in [3.63, 3.8) is 0 Å². The molecule has 0 unspecified atom stereocenters. The molecule has 0 aliphatic carbocycles. The summed E-state index contributed by atoms with van der Waals surface area (Å²) in [7, 11) is -3.80. The molecule has 2 aromatic carbocycles. The van der Waals surface area contributed by atoms with Gasteiger partial charge >= 0.3 is 0 Å². The summed E-state index contributed by atoms with van der Waals surface area (Å²) in [4.78, 5) is 12.3. The summed E-state index contributed by atoms with van der Waals surface area (Å²) in [6.45, 7) is 5.29. The molecule has 2 aromatic rings. The molecule has 7 heteroatoms. The van der Waals surface area contributed by atoms with E-state index in [1.807, 2.05) is 32.0 Å². The molecule has 0 fully saturated rings. The quantitative estimate of drug-likeness (QED) is 0.852. The average Bonchev–Trinajstić information content (AvgIpc) is 2.51. The Morgan fingerprint density at radius 1 is 1.08 bits per heavy atom. The first-order chi connectivity index (χ1) is 11.2. The van der Waals surface area contributed by atoms with Gasteiger partial charge in [0, 0.05) is 10.7 Å². The van der Waals surface area contributed by atoms with E-state index >= 15 is 0 Å². The molecule has 5 nitrogen and oxygen atoms in total. The summed E-state index contributed by atoms with van der Waals surface area (Å²) < 4.78 is 27.0. The number of hydrogen-bond donors (Lipinski definition) is 2. The Hall–Kier alpha value is -1.89. The fourth-order valence-corrected chi connectivity index (χ4v) is 3.41. The highest BCUT2D eigenvalue weighted by Gasteiger charge is 2.22. The van der Waals surface area contributed by atoms with Gasteiger partial charge in [0.15, 0.2) is 0 Å². The zero-order valence-corrected chi connectivity index (χ0v) is 15.2. The molecule has 2 rings (SSSR count). The lowest BCUT2D eigenvalue weighted by Crippen LogP contribution is -2.41. The lowest BCUT2D eigenvalue weighted by atomic mass is 10.1. The lowest BCUT2D eigenvalue weighted by molar-refractivity contribution is -0.117. The Balaban J connectivity index is 2.10. The summed E-state index contributed by atoms with van der Waals surface area (Å²) in [5, 5.41) is 3.19. The number of carbonyl (C=O) groups excluding carboxylic acids is 1. The number of benzene rings is 2. The predicted octanol–water partition coefficient (Wildman–Crippen LogP) is 3.26. The van der Waals surface area contributed by atoms with Gasteiger partial charge in [-0.25, -0.2) is 8.42 Å². The van der Waals surface area contributed by atoms with Crippen LogP contribution in [0.25, 0.3) is 0 Å². The van der Waals surface area contributed by atoms with Crippen molar-refractivity contribution in [2.45, 2.75) is 31.7 Å². The number of aryl methyl sites for hydroxylation is 2.